The van der Waals surface area contributed by atoms with Gasteiger partial charge in [-0.25, -0.2) is 0 Å². The zero-order chi connectivity index (χ0) is 25.4. The van der Waals surface area contributed by atoms with E-state index in [9.17, 15) is 35.4 Å². The summed E-state index contributed by atoms with van der Waals surface area (Å²) in [6.07, 6.45) is -7.80. The van der Waals surface area contributed by atoms with Gasteiger partial charge in [0, 0.05) is 17.7 Å². The number of hydrogen-bond donors (Lipinski definition) is 6. The quantitative estimate of drug-likeness (QED) is 0.254. The smallest absolute Gasteiger partial charge is 0.239 e. The van der Waals surface area contributed by atoms with Crippen LogP contribution in [-0.4, -0.2) is 82.2 Å². The molecule has 12 heteroatoms. The number of ether oxygens (including phenoxy) is 4. The normalized spacial score (nSPS) is 24.3. The number of methoxy groups -OCH3 is 2. The van der Waals surface area contributed by atoms with Gasteiger partial charge in [0.25, 0.3) is 0 Å². The summed E-state index contributed by atoms with van der Waals surface area (Å²) in [7, 11) is 2.60. The minimum Gasteiger partial charge on any atom is -0.504 e. The van der Waals surface area contributed by atoms with Crippen LogP contribution in [0.2, 0.25) is 0 Å². The topological polar surface area (TPSA) is 189 Å². The highest BCUT2D eigenvalue weighted by atomic mass is 16.7. The summed E-state index contributed by atoms with van der Waals surface area (Å²) in [5.41, 5.74) is -0.466. The number of hydrogen-bond acceptors (Lipinski definition) is 12. The molecule has 35 heavy (non-hydrogen) atoms. The molecule has 1 aromatic heterocycles. The molecule has 2 aromatic carbocycles. The zero-order valence-electron chi connectivity index (χ0n) is 18.6. The van der Waals surface area contributed by atoms with Gasteiger partial charge in [0.1, 0.15) is 46.9 Å². The third kappa shape index (κ3) is 4.33. The Hall–Kier alpha value is -3.55. The van der Waals surface area contributed by atoms with Gasteiger partial charge in [0.15, 0.2) is 17.3 Å². The highest BCUT2D eigenvalue weighted by Gasteiger charge is 2.45. The molecule has 188 valence electrons. The standard InChI is InChI=1S/C23H24O12/c1-31-10-6-13-16(14(7-10)34-23-20(30)19(29)17(27)15(8-24)35-23)18(28)22(32-2)21(33-13)9-3-4-11(25)12(26)5-9/h3-7,15,17,19-20,23-27,29-30H,8H2,1-2H3/t15-,17+,19-,20+,23+/m0/s1. The number of fused-ring (bicyclic) bond motifs is 1. The molecule has 12 nitrogen and oxygen atoms in total. The van der Waals surface area contributed by atoms with Gasteiger partial charge in [0.2, 0.25) is 17.5 Å². The minimum atomic E-state index is -1.72. The fraction of sp³-hybridized carbons (Fsp3) is 0.348. The van der Waals surface area contributed by atoms with Crippen molar-refractivity contribution in [2.45, 2.75) is 30.7 Å². The highest BCUT2D eigenvalue weighted by Crippen LogP contribution is 2.39. The van der Waals surface area contributed by atoms with Gasteiger partial charge in [-0.15, -0.1) is 0 Å². The van der Waals surface area contributed by atoms with E-state index < -0.39 is 48.5 Å². The van der Waals surface area contributed by atoms with Crippen molar-refractivity contribution in [1.82, 2.24) is 0 Å². The lowest BCUT2D eigenvalue weighted by Gasteiger charge is -2.39. The number of aliphatic hydroxyl groups excluding tert-OH is 4. The molecule has 3 aromatic rings. The molecule has 4 rings (SSSR count). The van der Waals surface area contributed by atoms with Crippen LogP contribution in [-0.2, 0) is 4.74 Å². The first-order chi connectivity index (χ1) is 16.7. The lowest BCUT2D eigenvalue weighted by atomic mass is 9.99. The van der Waals surface area contributed by atoms with Crippen LogP contribution in [0, 0.1) is 0 Å². The average molecular weight is 492 g/mol. The van der Waals surface area contributed by atoms with Gasteiger partial charge in [-0.2, -0.15) is 0 Å². The van der Waals surface area contributed by atoms with Crippen molar-refractivity contribution < 1.29 is 54.0 Å². The SMILES string of the molecule is COc1cc(O[C@@H]2O[C@@H](CO)[C@@H](O)[C@H](O)[C@H]2O)c2c(=O)c(OC)c(-c3ccc(O)c(O)c3)oc2c1. The van der Waals surface area contributed by atoms with Crippen molar-refractivity contribution in [2.75, 3.05) is 20.8 Å². The second-order valence-electron chi connectivity index (χ2n) is 7.81. The largest absolute Gasteiger partial charge is 0.504 e. The molecule has 0 bridgehead atoms. The molecule has 1 aliphatic heterocycles. The number of rotatable bonds is 6. The molecule has 0 spiro atoms. The summed E-state index contributed by atoms with van der Waals surface area (Å²) in [6.45, 7) is -0.664. The maximum atomic E-state index is 13.4. The van der Waals surface area contributed by atoms with E-state index in [1.807, 2.05) is 0 Å². The molecule has 0 aliphatic carbocycles. The van der Waals surface area contributed by atoms with Gasteiger partial charge in [-0.3, -0.25) is 4.79 Å². The van der Waals surface area contributed by atoms with E-state index in [0.29, 0.717) is 0 Å². The predicted octanol–water partition coefficient (Wildman–Crippen LogP) is 0.0671. The first-order valence-corrected chi connectivity index (χ1v) is 10.4. The van der Waals surface area contributed by atoms with Crippen LogP contribution in [0.1, 0.15) is 0 Å². The second kappa shape index (κ2) is 9.60. The number of phenolic OH excluding ortho intramolecular Hbond substituents is 2. The van der Waals surface area contributed by atoms with Gasteiger partial charge in [-0.05, 0) is 18.2 Å². The number of aromatic hydroxyl groups is 2. The molecular weight excluding hydrogens is 468 g/mol. The van der Waals surface area contributed by atoms with Crippen molar-refractivity contribution in [2.24, 2.45) is 0 Å². The Kier molecular flexibility index (Phi) is 6.74. The second-order valence-corrected chi connectivity index (χ2v) is 7.81. The summed E-state index contributed by atoms with van der Waals surface area (Å²) in [5, 5.41) is 59.2. The molecule has 1 fully saturated rings. The molecule has 1 aliphatic rings. The van der Waals surface area contributed by atoms with Crippen LogP contribution in [0.4, 0.5) is 0 Å². The summed E-state index contributed by atoms with van der Waals surface area (Å²) in [4.78, 5) is 13.4. The van der Waals surface area contributed by atoms with E-state index in [2.05, 4.69) is 0 Å². The van der Waals surface area contributed by atoms with Gasteiger partial charge in [0.05, 0.1) is 20.8 Å². The average Bonchev–Trinajstić information content (AvgIpc) is 2.85. The highest BCUT2D eigenvalue weighted by molar-refractivity contribution is 5.88. The number of aliphatic hydroxyl groups is 4. The maximum Gasteiger partial charge on any atom is 0.239 e. The van der Waals surface area contributed by atoms with Crippen LogP contribution in [0.5, 0.6) is 28.7 Å². The molecule has 2 heterocycles. The first kappa shape index (κ1) is 24.6. The third-order valence-electron chi connectivity index (χ3n) is 5.66. The van der Waals surface area contributed by atoms with Crippen LogP contribution < -0.4 is 19.6 Å². The molecule has 0 amide bonds. The van der Waals surface area contributed by atoms with Crippen LogP contribution >= 0.6 is 0 Å². The number of benzene rings is 2. The summed E-state index contributed by atoms with van der Waals surface area (Å²) < 4.78 is 27.5. The van der Waals surface area contributed by atoms with E-state index in [1.54, 1.807) is 0 Å². The minimum absolute atomic E-state index is 0.0164. The van der Waals surface area contributed by atoms with Crippen LogP contribution in [0.25, 0.3) is 22.3 Å². The Morgan fingerprint density at radius 1 is 0.943 bits per heavy atom. The Morgan fingerprint density at radius 2 is 1.69 bits per heavy atom. The molecule has 5 atom stereocenters. The fourth-order valence-electron chi connectivity index (χ4n) is 3.78. The summed E-state index contributed by atoms with van der Waals surface area (Å²) in [5.74, 6) is -1.06. The van der Waals surface area contributed by atoms with Gasteiger partial charge < -0.3 is 54.0 Å². The monoisotopic (exact) mass is 492 g/mol. The van der Waals surface area contributed by atoms with Crippen molar-refractivity contribution >= 4 is 11.0 Å². The predicted molar refractivity (Wildman–Crippen MR) is 119 cm³/mol. The lowest BCUT2D eigenvalue weighted by Crippen LogP contribution is -2.60. The molecule has 6 N–H and O–H groups in total. The van der Waals surface area contributed by atoms with Crippen LogP contribution in [0.3, 0.4) is 0 Å². The zero-order valence-corrected chi connectivity index (χ0v) is 18.6. The van der Waals surface area contributed by atoms with E-state index >= 15 is 0 Å². The number of phenols is 2. The Bertz CT molecular complexity index is 1280. The van der Waals surface area contributed by atoms with E-state index in [0.717, 1.165) is 0 Å². The van der Waals surface area contributed by atoms with Crippen molar-refractivity contribution in [3.05, 3.63) is 40.6 Å². The molecule has 0 saturated carbocycles. The molecular formula is C23H24O12. The lowest BCUT2D eigenvalue weighted by molar-refractivity contribution is -0.277. The maximum absolute atomic E-state index is 13.4. The molecule has 1 saturated heterocycles. The van der Waals surface area contributed by atoms with E-state index in [-0.39, 0.29) is 45.3 Å². The van der Waals surface area contributed by atoms with E-state index in [1.165, 1.54) is 44.6 Å². The molecule has 0 unspecified atom stereocenters. The third-order valence-corrected chi connectivity index (χ3v) is 5.66. The van der Waals surface area contributed by atoms with Crippen molar-refractivity contribution in [3.8, 4) is 40.1 Å². The Morgan fingerprint density at radius 3 is 2.31 bits per heavy atom. The summed E-state index contributed by atoms with van der Waals surface area (Å²) in [6, 6.07) is 6.54. The van der Waals surface area contributed by atoms with Crippen molar-refractivity contribution in [1.29, 1.82) is 0 Å². The van der Waals surface area contributed by atoms with Crippen LogP contribution in [0.15, 0.2) is 39.5 Å². The first-order valence-electron chi connectivity index (χ1n) is 10.4. The van der Waals surface area contributed by atoms with Gasteiger partial charge in [-0.1, -0.05) is 0 Å². The van der Waals surface area contributed by atoms with E-state index in [4.69, 9.17) is 23.4 Å². The van der Waals surface area contributed by atoms with Crippen molar-refractivity contribution in [3.63, 3.8) is 0 Å². The summed E-state index contributed by atoms with van der Waals surface area (Å²) >= 11 is 0. The van der Waals surface area contributed by atoms with Gasteiger partial charge >= 0.3 is 0 Å². The molecule has 0 radical (unpaired) electrons. The Labute approximate surface area is 197 Å². The fourth-order valence-corrected chi connectivity index (χ4v) is 3.78. The Balaban J connectivity index is 1.87.